The number of ether oxygens (including phenoxy) is 1. The number of carbonyl (C=O) groups is 2. The Labute approximate surface area is 155 Å². The molecule has 9 heteroatoms. The molecule has 1 aliphatic rings. The van der Waals surface area contributed by atoms with Crippen molar-refractivity contribution in [3.05, 3.63) is 23.0 Å². The average molecular weight is 378 g/mol. The van der Waals surface area contributed by atoms with Crippen LogP contribution in [0.2, 0.25) is 0 Å². The number of anilines is 1. The number of hydrogen-bond acceptors (Lipinski definition) is 6. The van der Waals surface area contributed by atoms with E-state index in [0.717, 1.165) is 27.3 Å². The Morgan fingerprint density at radius 1 is 1.46 bits per heavy atom. The summed E-state index contributed by atoms with van der Waals surface area (Å²) in [6.07, 6.45) is -0.756. The molecule has 0 spiro atoms. The van der Waals surface area contributed by atoms with E-state index in [-0.39, 0.29) is 12.0 Å². The van der Waals surface area contributed by atoms with Crippen LogP contribution in [-0.2, 0) is 20.9 Å². The number of amides is 2. The van der Waals surface area contributed by atoms with Crippen LogP contribution in [0.4, 0.5) is 10.5 Å². The normalized spacial score (nSPS) is 17.7. The molecule has 1 atom stereocenters. The fraction of sp³-hybridized carbons (Fsp3) is 0.471. The third kappa shape index (κ3) is 3.67. The largest absolute Gasteiger partial charge is 0.442 e. The molecule has 1 aliphatic heterocycles. The lowest BCUT2D eigenvalue weighted by molar-refractivity contribution is -0.119. The number of benzene rings is 1. The van der Waals surface area contributed by atoms with Crippen LogP contribution < -0.4 is 15.0 Å². The van der Waals surface area contributed by atoms with Gasteiger partial charge in [-0.2, -0.15) is 0 Å². The third-order valence-corrected chi connectivity index (χ3v) is 5.04. The lowest BCUT2D eigenvalue weighted by Gasteiger charge is -2.13. The van der Waals surface area contributed by atoms with Gasteiger partial charge in [-0.3, -0.25) is 9.69 Å². The molecule has 0 aliphatic carbocycles. The van der Waals surface area contributed by atoms with Crippen molar-refractivity contribution in [2.24, 2.45) is 5.16 Å². The number of aromatic nitrogens is 1. The van der Waals surface area contributed by atoms with E-state index in [9.17, 15) is 9.59 Å². The first-order valence-electron chi connectivity index (χ1n) is 8.55. The number of hydrogen-bond donors (Lipinski definition) is 1. The molecule has 1 unspecified atom stereocenters. The Morgan fingerprint density at radius 3 is 2.96 bits per heavy atom. The summed E-state index contributed by atoms with van der Waals surface area (Å²) >= 11 is 1.51. The molecule has 0 saturated carbocycles. The van der Waals surface area contributed by atoms with E-state index in [2.05, 4.69) is 22.0 Å². The number of aryl methyl sites for hydroxylation is 1. The van der Waals surface area contributed by atoms with Gasteiger partial charge in [0, 0.05) is 19.2 Å². The van der Waals surface area contributed by atoms with Gasteiger partial charge in [0.1, 0.15) is 12.7 Å². The van der Waals surface area contributed by atoms with Crippen molar-refractivity contribution in [3.63, 3.8) is 0 Å². The van der Waals surface area contributed by atoms with Crippen molar-refractivity contribution in [1.82, 2.24) is 9.88 Å². The van der Waals surface area contributed by atoms with E-state index in [1.54, 1.807) is 4.90 Å². The predicted octanol–water partition coefficient (Wildman–Crippen LogP) is 2.04. The fourth-order valence-corrected chi connectivity index (χ4v) is 3.91. The summed E-state index contributed by atoms with van der Waals surface area (Å²) in [7, 11) is 0. The predicted molar refractivity (Wildman–Crippen MR) is 99.0 cm³/mol. The van der Waals surface area contributed by atoms with Crippen molar-refractivity contribution in [2.75, 3.05) is 24.6 Å². The molecular formula is C17H22N4O4S. The molecule has 3 rings (SSSR count). The maximum Gasteiger partial charge on any atom is 0.414 e. The Hall–Kier alpha value is -2.55. The molecule has 1 fully saturated rings. The molecule has 1 aromatic carbocycles. The van der Waals surface area contributed by atoms with Crippen molar-refractivity contribution in [1.29, 1.82) is 0 Å². The summed E-state index contributed by atoms with van der Waals surface area (Å²) in [5.74, 6) is -0.144. The average Bonchev–Trinajstić information content (AvgIpc) is 3.16. The monoisotopic (exact) mass is 378 g/mol. The summed E-state index contributed by atoms with van der Waals surface area (Å²) in [5.41, 5.74) is 1.81. The minimum absolute atomic E-state index is 0.144. The number of nitrogens with one attached hydrogen (secondary N) is 1. The summed E-state index contributed by atoms with van der Waals surface area (Å²) in [6.45, 7) is 7.38. The van der Waals surface area contributed by atoms with Gasteiger partial charge in [-0.25, -0.2) is 4.79 Å². The van der Waals surface area contributed by atoms with Crippen LogP contribution in [0.5, 0.6) is 0 Å². The van der Waals surface area contributed by atoms with Crippen LogP contribution in [0.3, 0.4) is 0 Å². The minimum atomic E-state index is -0.404. The lowest BCUT2D eigenvalue weighted by atomic mass is 10.2. The van der Waals surface area contributed by atoms with E-state index in [1.165, 1.54) is 18.3 Å². The standard InChI is InChI=1S/C17H22N4O4S/c1-4-20-14-7-6-12(8-15(14)26-16(20)19-24-5-2)21-10-13(25-17(21)23)9-18-11(3)22/h6-8,13H,4-5,9-10H2,1-3H3,(H,18,22). The first-order valence-corrected chi connectivity index (χ1v) is 9.37. The first-order chi connectivity index (χ1) is 12.5. The van der Waals surface area contributed by atoms with Gasteiger partial charge in [-0.15, -0.1) is 0 Å². The van der Waals surface area contributed by atoms with Crippen LogP contribution in [0.1, 0.15) is 20.8 Å². The summed E-state index contributed by atoms with van der Waals surface area (Å²) in [5, 5.41) is 6.84. The van der Waals surface area contributed by atoms with Crippen molar-refractivity contribution in [2.45, 2.75) is 33.4 Å². The van der Waals surface area contributed by atoms with Gasteiger partial charge >= 0.3 is 6.09 Å². The highest BCUT2D eigenvalue weighted by atomic mass is 32.1. The smallest absolute Gasteiger partial charge is 0.414 e. The number of carbonyl (C=O) groups excluding carboxylic acids is 2. The molecule has 2 amide bonds. The molecule has 0 radical (unpaired) electrons. The highest BCUT2D eigenvalue weighted by Gasteiger charge is 2.32. The second-order valence-corrected chi connectivity index (χ2v) is 6.85. The SMILES string of the molecule is CCON=c1sc2cc(N3CC(CNC(C)=O)OC3=O)ccc2n1CC. The van der Waals surface area contributed by atoms with Crippen molar-refractivity contribution < 1.29 is 19.2 Å². The molecular weight excluding hydrogens is 356 g/mol. The van der Waals surface area contributed by atoms with Crippen LogP contribution in [0.25, 0.3) is 10.2 Å². The van der Waals surface area contributed by atoms with E-state index in [1.807, 2.05) is 25.1 Å². The van der Waals surface area contributed by atoms with E-state index in [4.69, 9.17) is 9.57 Å². The van der Waals surface area contributed by atoms with Gasteiger partial charge in [0.25, 0.3) is 0 Å². The highest BCUT2D eigenvalue weighted by molar-refractivity contribution is 7.16. The quantitative estimate of drug-likeness (QED) is 0.780. The Morgan fingerprint density at radius 2 is 2.27 bits per heavy atom. The van der Waals surface area contributed by atoms with Gasteiger partial charge in [-0.1, -0.05) is 16.5 Å². The van der Waals surface area contributed by atoms with Crippen molar-refractivity contribution in [3.8, 4) is 0 Å². The second-order valence-electron chi connectivity index (χ2n) is 5.84. The third-order valence-electron chi connectivity index (χ3n) is 4.02. The molecule has 1 aromatic heterocycles. The molecule has 8 nitrogen and oxygen atoms in total. The molecule has 0 bridgehead atoms. The Kier molecular flexibility index (Phi) is 5.46. The zero-order chi connectivity index (χ0) is 18.7. The molecule has 1 saturated heterocycles. The Bertz CT molecular complexity index is 889. The lowest BCUT2D eigenvalue weighted by Crippen LogP contribution is -2.33. The van der Waals surface area contributed by atoms with Gasteiger partial charge in [0.2, 0.25) is 10.7 Å². The maximum absolute atomic E-state index is 12.2. The molecule has 1 N–H and O–H groups in total. The molecule has 140 valence electrons. The van der Waals surface area contributed by atoms with Crippen LogP contribution in [0, 0.1) is 0 Å². The van der Waals surface area contributed by atoms with E-state index in [0.29, 0.717) is 19.7 Å². The fourth-order valence-electron chi connectivity index (χ4n) is 2.82. The van der Waals surface area contributed by atoms with Gasteiger partial charge in [0.05, 0.1) is 23.3 Å². The second kappa shape index (κ2) is 7.77. The topological polar surface area (TPSA) is 85.2 Å². The summed E-state index contributed by atoms with van der Waals surface area (Å²) in [6, 6.07) is 5.83. The van der Waals surface area contributed by atoms with Crippen LogP contribution in [0.15, 0.2) is 23.4 Å². The maximum atomic E-state index is 12.2. The van der Waals surface area contributed by atoms with E-state index < -0.39 is 6.09 Å². The van der Waals surface area contributed by atoms with Crippen LogP contribution >= 0.6 is 11.3 Å². The zero-order valence-corrected chi connectivity index (χ0v) is 15.8. The van der Waals surface area contributed by atoms with Crippen molar-refractivity contribution >= 4 is 39.2 Å². The molecule has 2 heterocycles. The van der Waals surface area contributed by atoms with Crippen LogP contribution in [-0.4, -0.2) is 42.4 Å². The summed E-state index contributed by atoms with van der Waals surface area (Å²) in [4.78, 5) is 30.8. The number of fused-ring (bicyclic) bond motifs is 1. The highest BCUT2D eigenvalue weighted by Crippen LogP contribution is 2.27. The number of thiazole rings is 1. The minimum Gasteiger partial charge on any atom is -0.442 e. The number of nitrogens with zero attached hydrogens (tertiary/aromatic N) is 3. The van der Waals surface area contributed by atoms with Gasteiger partial charge in [0.15, 0.2) is 0 Å². The number of rotatable bonds is 6. The Balaban J connectivity index is 1.87. The molecule has 2 aromatic rings. The number of cyclic esters (lactones) is 1. The van der Waals surface area contributed by atoms with Gasteiger partial charge in [-0.05, 0) is 32.0 Å². The van der Waals surface area contributed by atoms with Gasteiger partial charge < -0.3 is 19.5 Å². The zero-order valence-electron chi connectivity index (χ0n) is 15.0. The first kappa shape index (κ1) is 18.2. The molecule has 26 heavy (non-hydrogen) atoms. The van der Waals surface area contributed by atoms with E-state index >= 15 is 0 Å². The summed E-state index contributed by atoms with van der Waals surface area (Å²) < 4.78 is 8.41.